The Balaban J connectivity index is 2.00. The molecule has 11 heteroatoms. The summed E-state index contributed by atoms with van der Waals surface area (Å²) in [6, 6.07) is 3.01. The summed E-state index contributed by atoms with van der Waals surface area (Å²) in [5.74, 6) is 2.58. The highest BCUT2D eigenvalue weighted by Gasteiger charge is 2.34. The van der Waals surface area contributed by atoms with Crippen LogP contribution in [0.1, 0.15) is 39.1 Å². The lowest BCUT2D eigenvalue weighted by atomic mass is 10.2. The average Bonchev–Trinajstić information content (AvgIpc) is 3.18. The van der Waals surface area contributed by atoms with E-state index >= 15 is 0 Å². The minimum atomic E-state index is -3.50. The number of anilines is 2. The number of aromatic nitrogens is 3. The van der Waals surface area contributed by atoms with Crippen molar-refractivity contribution in [2.45, 2.75) is 33.2 Å². The maximum atomic E-state index is 12.1. The molecular weight excluding hydrogens is 408 g/mol. The van der Waals surface area contributed by atoms with E-state index in [2.05, 4.69) is 31.7 Å². The van der Waals surface area contributed by atoms with Crippen molar-refractivity contribution in [2.24, 2.45) is 17.6 Å². The third kappa shape index (κ3) is 5.67. The molecule has 3 rings (SSSR count). The summed E-state index contributed by atoms with van der Waals surface area (Å²) >= 11 is 0. The first kappa shape index (κ1) is 22.4. The maximum Gasteiger partial charge on any atom is 0.248 e. The molecule has 2 heterocycles. The van der Waals surface area contributed by atoms with Crippen molar-refractivity contribution in [3.8, 4) is 11.5 Å². The van der Waals surface area contributed by atoms with Crippen LogP contribution in [0.5, 0.6) is 0 Å². The third-order valence-electron chi connectivity index (χ3n) is 5.15. The van der Waals surface area contributed by atoms with Gasteiger partial charge < -0.3 is 19.8 Å². The lowest BCUT2D eigenvalue weighted by Gasteiger charge is -2.24. The SMILES string of the molecule is CCS(=O)(=O)Nc1cc(-c2nnc(C(C)N)o2)cc(N(CCOC)CC2CC2C)n1. The number of sulfonamides is 1. The number of hydrogen-bond acceptors (Lipinski definition) is 9. The van der Waals surface area contributed by atoms with Crippen molar-refractivity contribution in [2.75, 3.05) is 42.2 Å². The number of hydrogen-bond donors (Lipinski definition) is 2. The first-order valence-electron chi connectivity index (χ1n) is 10.1. The number of rotatable bonds is 11. The quantitative estimate of drug-likeness (QED) is 0.540. The molecule has 0 saturated heterocycles. The molecule has 1 aliphatic carbocycles. The monoisotopic (exact) mass is 438 g/mol. The second-order valence-electron chi connectivity index (χ2n) is 7.75. The van der Waals surface area contributed by atoms with Gasteiger partial charge in [-0.1, -0.05) is 6.92 Å². The highest BCUT2D eigenvalue weighted by atomic mass is 32.2. The van der Waals surface area contributed by atoms with Crippen LogP contribution in [0.15, 0.2) is 16.5 Å². The summed E-state index contributed by atoms with van der Waals surface area (Å²) < 4.78 is 37.7. The van der Waals surface area contributed by atoms with E-state index in [1.165, 1.54) is 6.42 Å². The number of nitrogens with one attached hydrogen (secondary N) is 1. The summed E-state index contributed by atoms with van der Waals surface area (Å²) in [5.41, 5.74) is 6.39. The molecule has 3 N–H and O–H groups in total. The normalized spacial score (nSPS) is 19.5. The highest BCUT2D eigenvalue weighted by Crippen LogP contribution is 2.39. The van der Waals surface area contributed by atoms with Crippen molar-refractivity contribution in [1.29, 1.82) is 0 Å². The van der Waals surface area contributed by atoms with Gasteiger partial charge in [0.25, 0.3) is 0 Å². The molecule has 0 radical (unpaired) electrons. The van der Waals surface area contributed by atoms with Crippen LogP contribution in [0.25, 0.3) is 11.5 Å². The van der Waals surface area contributed by atoms with E-state index in [0.29, 0.717) is 42.3 Å². The Hall–Kier alpha value is -2.24. The third-order valence-corrected chi connectivity index (χ3v) is 6.43. The van der Waals surface area contributed by atoms with Gasteiger partial charge in [-0.25, -0.2) is 13.4 Å². The van der Waals surface area contributed by atoms with Gasteiger partial charge in [-0.3, -0.25) is 4.72 Å². The van der Waals surface area contributed by atoms with Crippen LogP contribution >= 0.6 is 0 Å². The molecule has 0 spiro atoms. The molecule has 3 atom stereocenters. The lowest BCUT2D eigenvalue weighted by Crippen LogP contribution is -2.31. The molecule has 10 nitrogen and oxygen atoms in total. The standard InChI is InChI=1S/C19H30N6O4S/c1-5-30(26,27)24-16-9-14(19-23-22-18(29-19)13(3)20)10-17(21-16)25(6-7-28-4)11-15-8-12(15)2/h9-10,12-13,15H,5-8,11,20H2,1-4H3,(H,21,24). The number of ether oxygens (including phenoxy) is 1. The van der Waals surface area contributed by atoms with E-state index in [-0.39, 0.29) is 17.5 Å². The Morgan fingerprint density at radius 3 is 2.70 bits per heavy atom. The Bertz CT molecular complexity index is 962. The first-order valence-corrected chi connectivity index (χ1v) is 11.7. The van der Waals surface area contributed by atoms with Crippen LogP contribution in [0, 0.1) is 11.8 Å². The highest BCUT2D eigenvalue weighted by molar-refractivity contribution is 7.92. The molecule has 166 valence electrons. The summed E-state index contributed by atoms with van der Waals surface area (Å²) in [4.78, 5) is 6.66. The van der Waals surface area contributed by atoms with Crippen molar-refractivity contribution in [3.05, 3.63) is 18.0 Å². The second-order valence-corrected chi connectivity index (χ2v) is 9.76. The van der Waals surface area contributed by atoms with Crippen molar-refractivity contribution < 1.29 is 17.6 Å². The average molecular weight is 439 g/mol. The molecule has 0 aliphatic heterocycles. The number of pyridine rings is 1. The van der Waals surface area contributed by atoms with Gasteiger partial charge in [-0.05, 0) is 44.2 Å². The van der Waals surface area contributed by atoms with Gasteiger partial charge in [0.05, 0.1) is 18.4 Å². The predicted octanol–water partition coefficient (Wildman–Crippen LogP) is 2.02. The van der Waals surface area contributed by atoms with Gasteiger partial charge in [-0.15, -0.1) is 10.2 Å². The van der Waals surface area contributed by atoms with Gasteiger partial charge in [-0.2, -0.15) is 0 Å². The first-order chi connectivity index (χ1) is 14.2. The molecule has 2 aromatic heterocycles. The Morgan fingerprint density at radius 1 is 1.40 bits per heavy atom. The van der Waals surface area contributed by atoms with Crippen molar-refractivity contribution >= 4 is 21.7 Å². The van der Waals surface area contributed by atoms with Crippen LogP contribution in [0.4, 0.5) is 11.6 Å². The molecule has 1 aliphatic rings. The number of nitrogens with two attached hydrogens (primary N) is 1. The van der Waals surface area contributed by atoms with E-state index in [9.17, 15) is 8.42 Å². The van der Waals surface area contributed by atoms with Crippen LogP contribution in [0.2, 0.25) is 0 Å². The van der Waals surface area contributed by atoms with Gasteiger partial charge in [0, 0.05) is 25.8 Å². The van der Waals surface area contributed by atoms with Crippen molar-refractivity contribution in [1.82, 2.24) is 15.2 Å². The summed E-state index contributed by atoms with van der Waals surface area (Å²) in [5, 5.41) is 8.04. The van der Waals surface area contributed by atoms with E-state index in [0.717, 1.165) is 6.54 Å². The predicted molar refractivity (Wildman–Crippen MR) is 115 cm³/mol. The van der Waals surface area contributed by atoms with Crippen molar-refractivity contribution in [3.63, 3.8) is 0 Å². The largest absolute Gasteiger partial charge is 0.419 e. The summed E-state index contributed by atoms with van der Waals surface area (Å²) in [6.45, 7) is 7.51. The fourth-order valence-corrected chi connectivity index (χ4v) is 3.63. The van der Waals surface area contributed by atoms with E-state index in [1.54, 1.807) is 27.0 Å². The zero-order valence-corrected chi connectivity index (χ0v) is 18.6. The molecular formula is C19H30N6O4S. The van der Waals surface area contributed by atoms with Crippen LogP contribution in [0.3, 0.4) is 0 Å². The molecule has 3 unspecified atom stereocenters. The fraction of sp³-hybridized carbons (Fsp3) is 0.632. The zero-order chi connectivity index (χ0) is 21.9. The summed E-state index contributed by atoms with van der Waals surface area (Å²) in [6.07, 6.45) is 1.17. The minimum Gasteiger partial charge on any atom is -0.419 e. The summed E-state index contributed by atoms with van der Waals surface area (Å²) in [7, 11) is -1.85. The molecule has 2 aromatic rings. The van der Waals surface area contributed by atoms with Crippen LogP contribution in [-0.4, -0.2) is 56.2 Å². The van der Waals surface area contributed by atoms with Gasteiger partial charge in [0.1, 0.15) is 11.6 Å². The molecule has 0 aromatic carbocycles. The topological polar surface area (TPSA) is 136 Å². The van der Waals surface area contributed by atoms with Crippen LogP contribution in [-0.2, 0) is 14.8 Å². The lowest BCUT2D eigenvalue weighted by molar-refractivity contribution is 0.204. The zero-order valence-electron chi connectivity index (χ0n) is 17.8. The molecule has 1 saturated carbocycles. The smallest absolute Gasteiger partial charge is 0.248 e. The number of nitrogens with zero attached hydrogens (tertiary/aromatic N) is 4. The molecule has 1 fully saturated rings. The van der Waals surface area contributed by atoms with Crippen LogP contribution < -0.4 is 15.4 Å². The minimum absolute atomic E-state index is 0.0589. The number of methoxy groups -OCH3 is 1. The second kappa shape index (κ2) is 9.27. The van der Waals surface area contributed by atoms with E-state index < -0.39 is 16.1 Å². The van der Waals surface area contributed by atoms with Gasteiger partial charge in [0.15, 0.2) is 0 Å². The fourth-order valence-electron chi connectivity index (χ4n) is 3.06. The molecule has 0 amide bonds. The van der Waals surface area contributed by atoms with Gasteiger partial charge in [0.2, 0.25) is 21.8 Å². The molecule has 0 bridgehead atoms. The van der Waals surface area contributed by atoms with Gasteiger partial charge >= 0.3 is 0 Å². The molecule has 30 heavy (non-hydrogen) atoms. The Kier molecular flexibility index (Phi) is 6.94. The Labute approximate surface area is 177 Å². The van der Waals surface area contributed by atoms with E-state index in [1.807, 2.05) is 6.07 Å². The Morgan fingerprint density at radius 2 is 2.13 bits per heavy atom. The maximum absolute atomic E-state index is 12.1. The van der Waals surface area contributed by atoms with E-state index in [4.69, 9.17) is 14.9 Å².